The van der Waals surface area contributed by atoms with Crippen LogP contribution in [0.4, 0.5) is 10.5 Å². The highest BCUT2D eigenvalue weighted by molar-refractivity contribution is 5.98. The fourth-order valence-corrected chi connectivity index (χ4v) is 2.70. The Hall–Kier alpha value is -2.89. The Labute approximate surface area is 154 Å². The molecule has 2 aromatic rings. The summed E-state index contributed by atoms with van der Waals surface area (Å²) in [5.41, 5.74) is 3.85. The van der Waals surface area contributed by atoms with Crippen LogP contribution in [0.2, 0.25) is 0 Å². The summed E-state index contributed by atoms with van der Waals surface area (Å²) in [6.07, 6.45) is 2.47. The average Bonchev–Trinajstić information content (AvgIpc) is 2.60. The fourth-order valence-electron chi connectivity index (χ4n) is 2.70. The van der Waals surface area contributed by atoms with Crippen molar-refractivity contribution >= 4 is 17.6 Å². The van der Waals surface area contributed by atoms with Crippen LogP contribution < -0.4 is 10.6 Å². The van der Waals surface area contributed by atoms with E-state index >= 15 is 0 Å². The second kappa shape index (κ2) is 8.47. The minimum atomic E-state index is -0.322. The lowest BCUT2D eigenvalue weighted by Crippen LogP contribution is -2.33. The van der Waals surface area contributed by atoms with E-state index in [1.807, 2.05) is 32.9 Å². The molecule has 0 saturated carbocycles. The molecule has 138 valence electrons. The Morgan fingerprint density at radius 1 is 1.19 bits per heavy atom. The highest BCUT2D eigenvalue weighted by atomic mass is 16.2. The molecule has 0 spiro atoms. The van der Waals surface area contributed by atoms with Crippen molar-refractivity contribution in [1.29, 1.82) is 0 Å². The van der Waals surface area contributed by atoms with Gasteiger partial charge in [-0.1, -0.05) is 13.0 Å². The number of anilines is 1. The van der Waals surface area contributed by atoms with E-state index in [1.54, 1.807) is 38.5 Å². The van der Waals surface area contributed by atoms with Crippen molar-refractivity contribution in [3.05, 3.63) is 58.9 Å². The first kappa shape index (κ1) is 19.4. The highest BCUT2D eigenvalue weighted by Gasteiger charge is 2.17. The number of benzene rings is 1. The standard InChI is InChI=1S/C20H26N4O2/c1-6-16(18-12-13(2)10-11-21-18)22-20(26)23-17-9-7-8-15(14(17)3)19(25)24(4)5/h7-12,16H,6H2,1-5H3,(H2,22,23,26). The molecule has 0 saturated heterocycles. The number of nitrogens with one attached hydrogen (secondary N) is 2. The van der Waals surface area contributed by atoms with E-state index in [4.69, 9.17) is 0 Å². The van der Waals surface area contributed by atoms with Crippen molar-refractivity contribution in [2.45, 2.75) is 33.2 Å². The van der Waals surface area contributed by atoms with Gasteiger partial charge in [0.15, 0.2) is 0 Å². The maximum atomic E-state index is 12.5. The number of hydrogen-bond acceptors (Lipinski definition) is 3. The van der Waals surface area contributed by atoms with Crippen LogP contribution >= 0.6 is 0 Å². The van der Waals surface area contributed by atoms with E-state index in [0.717, 1.165) is 23.2 Å². The number of aryl methyl sites for hydroxylation is 1. The molecular formula is C20H26N4O2. The third kappa shape index (κ3) is 4.59. The normalized spacial score (nSPS) is 11.6. The highest BCUT2D eigenvalue weighted by Crippen LogP contribution is 2.21. The van der Waals surface area contributed by atoms with E-state index in [2.05, 4.69) is 15.6 Å². The Bertz CT molecular complexity index is 802. The third-order valence-corrected chi connectivity index (χ3v) is 4.23. The minimum Gasteiger partial charge on any atom is -0.345 e. The second-order valence-electron chi connectivity index (χ2n) is 6.50. The van der Waals surface area contributed by atoms with Crippen molar-refractivity contribution in [1.82, 2.24) is 15.2 Å². The summed E-state index contributed by atoms with van der Waals surface area (Å²) in [6, 6.07) is 8.70. The summed E-state index contributed by atoms with van der Waals surface area (Å²) in [7, 11) is 3.41. The summed E-state index contributed by atoms with van der Waals surface area (Å²) in [4.78, 5) is 30.6. The molecule has 6 heteroatoms. The number of aromatic nitrogens is 1. The third-order valence-electron chi connectivity index (χ3n) is 4.23. The zero-order valence-electron chi connectivity index (χ0n) is 16.0. The van der Waals surface area contributed by atoms with Gasteiger partial charge >= 0.3 is 6.03 Å². The van der Waals surface area contributed by atoms with Crippen molar-refractivity contribution in [3.8, 4) is 0 Å². The van der Waals surface area contributed by atoms with Gasteiger partial charge in [-0.25, -0.2) is 4.79 Å². The van der Waals surface area contributed by atoms with Gasteiger partial charge in [0, 0.05) is 31.5 Å². The van der Waals surface area contributed by atoms with Gasteiger partial charge in [-0.15, -0.1) is 0 Å². The number of pyridine rings is 1. The first-order valence-electron chi connectivity index (χ1n) is 8.64. The Balaban J connectivity index is 2.14. The minimum absolute atomic E-state index is 0.0954. The molecule has 1 heterocycles. The second-order valence-corrected chi connectivity index (χ2v) is 6.50. The molecule has 26 heavy (non-hydrogen) atoms. The molecule has 0 aliphatic heterocycles. The van der Waals surface area contributed by atoms with Crippen molar-refractivity contribution < 1.29 is 9.59 Å². The van der Waals surface area contributed by atoms with Crippen LogP contribution in [0.5, 0.6) is 0 Å². The molecule has 0 aliphatic rings. The van der Waals surface area contributed by atoms with Gasteiger partial charge < -0.3 is 15.5 Å². The molecule has 0 bridgehead atoms. The van der Waals surface area contributed by atoms with Gasteiger partial charge in [0.25, 0.3) is 5.91 Å². The molecule has 0 fully saturated rings. The lowest BCUT2D eigenvalue weighted by Gasteiger charge is -2.19. The number of carbonyl (C=O) groups excluding carboxylic acids is 2. The number of carbonyl (C=O) groups is 2. The average molecular weight is 354 g/mol. The van der Waals surface area contributed by atoms with Gasteiger partial charge in [-0.3, -0.25) is 9.78 Å². The van der Waals surface area contributed by atoms with Crippen LogP contribution in [0.3, 0.4) is 0 Å². The molecule has 2 N–H and O–H groups in total. The first-order valence-corrected chi connectivity index (χ1v) is 8.64. The van der Waals surface area contributed by atoms with Crippen molar-refractivity contribution in [2.75, 3.05) is 19.4 Å². The first-order chi connectivity index (χ1) is 12.3. The summed E-state index contributed by atoms with van der Waals surface area (Å²) < 4.78 is 0. The molecule has 1 atom stereocenters. The number of urea groups is 1. The molecule has 6 nitrogen and oxygen atoms in total. The number of nitrogens with zero attached hydrogens (tertiary/aromatic N) is 2. The van der Waals surface area contributed by atoms with Crippen LogP contribution in [0.15, 0.2) is 36.5 Å². The molecule has 2 rings (SSSR count). The molecule has 1 unspecified atom stereocenters. The monoisotopic (exact) mass is 354 g/mol. The summed E-state index contributed by atoms with van der Waals surface area (Å²) in [6.45, 7) is 5.82. The van der Waals surface area contributed by atoms with Crippen molar-refractivity contribution in [3.63, 3.8) is 0 Å². The quantitative estimate of drug-likeness (QED) is 0.860. The lowest BCUT2D eigenvalue weighted by molar-refractivity contribution is 0.0827. The summed E-state index contributed by atoms with van der Waals surface area (Å²) in [5, 5.41) is 5.79. The van der Waals surface area contributed by atoms with Gasteiger partial charge in [0.2, 0.25) is 0 Å². The lowest BCUT2D eigenvalue weighted by atomic mass is 10.1. The SMILES string of the molecule is CCC(NC(=O)Nc1cccc(C(=O)N(C)C)c1C)c1cc(C)ccn1. The molecule has 0 aliphatic carbocycles. The Morgan fingerprint density at radius 3 is 2.54 bits per heavy atom. The predicted octanol–water partition coefficient (Wildman–Crippen LogP) is 3.67. The summed E-state index contributed by atoms with van der Waals surface area (Å²) >= 11 is 0. The van der Waals surface area contributed by atoms with Gasteiger partial charge in [0.1, 0.15) is 0 Å². The zero-order valence-corrected chi connectivity index (χ0v) is 16.0. The van der Waals surface area contributed by atoms with E-state index in [9.17, 15) is 9.59 Å². The Kier molecular flexibility index (Phi) is 6.33. The topological polar surface area (TPSA) is 74.3 Å². The van der Waals surface area contributed by atoms with E-state index in [1.165, 1.54) is 4.90 Å². The van der Waals surface area contributed by atoms with Crippen LogP contribution in [-0.2, 0) is 0 Å². The molecular weight excluding hydrogens is 328 g/mol. The molecule has 0 radical (unpaired) electrons. The summed E-state index contributed by atoms with van der Waals surface area (Å²) in [5.74, 6) is -0.0954. The number of rotatable bonds is 5. The van der Waals surface area contributed by atoms with Crippen LogP contribution in [0, 0.1) is 13.8 Å². The maximum Gasteiger partial charge on any atom is 0.319 e. The van der Waals surface area contributed by atoms with E-state index in [-0.39, 0.29) is 18.0 Å². The number of amides is 3. The molecule has 1 aromatic heterocycles. The Morgan fingerprint density at radius 2 is 1.92 bits per heavy atom. The van der Waals surface area contributed by atoms with E-state index in [0.29, 0.717) is 11.3 Å². The predicted molar refractivity (Wildman–Crippen MR) is 103 cm³/mol. The van der Waals surface area contributed by atoms with Crippen LogP contribution in [0.25, 0.3) is 0 Å². The molecule has 1 aromatic carbocycles. The largest absolute Gasteiger partial charge is 0.345 e. The molecule has 3 amide bonds. The number of hydrogen-bond donors (Lipinski definition) is 2. The fraction of sp³-hybridized carbons (Fsp3) is 0.350. The smallest absolute Gasteiger partial charge is 0.319 e. The van der Waals surface area contributed by atoms with Gasteiger partial charge in [0.05, 0.1) is 11.7 Å². The maximum absolute atomic E-state index is 12.5. The van der Waals surface area contributed by atoms with Gasteiger partial charge in [-0.2, -0.15) is 0 Å². The van der Waals surface area contributed by atoms with Crippen molar-refractivity contribution in [2.24, 2.45) is 0 Å². The van der Waals surface area contributed by atoms with Crippen LogP contribution in [0.1, 0.15) is 46.6 Å². The van der Waals surface area contributed by atoms with Crippen LogP contribution in [-0.4, -0.2) is 35.9 Å². The van der Waals surface area contributed by atoms with E-state index < -0.39 is 0 Å². The zero-order chi connectivity index (χ0) is 19.3. The van der Waals surface area contributed by atoms with Gasteiger partial charge in [-0.05, 0) is 55.7 Å².